The number of halogens is 2. The second-order valence-corrected chi connectivity index (χ2v) is 5.54. The fourth-order valence-corrected chi connectivity index (χ4v) is 2.77. The second kappa shape index (κ2) is 5.43. The van der Waals surface area contributed by atoms with E-state index >= 15 is 0 Å². The van der Waals surface area contributed by atoms with Crippen molar-refractivity contribution in [3.63, 3.8) is 0 Å². The predicted octanol–water partition coefficient (Wildman–Crippen LogP) is 4.13. The zero-order valence-corrected chi connectivity index (χ0v) is 12.4. The lowest BCUT2D eigenvalue weighted by Crippen LogP contribution is -2.13. The van der Waals surface area contributed by atoms with Crippen molar-refractivity contribution in [2.75, 3.05) is 0 Å². The third-order valence-electron chi connectivity index (χ3n) is 3.36. The first-order chi connectivity index (χ1) is 10.1. The van der Waals surface area contributed by atoms with Gasteiger partial charge in [-0.05, 0) is 17.7 Å². The Bertz CT molecular complexity index is 873. The van der Waals surface area contributed by atoms with E-state index in [1.165, 1.54) is 0 Å². The van der Waals surface area contributed by atoms with E-state index in [2.05, 4.69) is 4.98 Å². The van der Waals surface area contributed by atoms with Crippen molar-refractivity contribution < 1.29 is 5.11 Å². The van der Waals surface area contributed by atoms with Gasteiger partial charge in [0.05, 0.1) is 26.5 Å². The SMILES string of the molecule is O=c1[nH]c2c(Cl)ccc(Cl)c2c(O)c1Cc1ccccc1. The molecule has 0 aliphatic rings. The standard InChI is InChI=1S/C16H11Cl2NO2/c17-11-6-7-12(18)14-13(11)15(20)10(16(21)19-14)8-9-4-2-1-3-5-9/h1-7H,8H2,(H2,19,20,21). The van der Waals surface area contributed by atoms with E-state index in [9.17, 15) is 9.90 Å². The number of pyridine rings is 1. The smallest absolute Gasteiger partial charge is 0.255 e. The largest absolute Gasteiger partial charge is 0.507 e. The zero-order chi connectivity index (χ0) is 15.0. The van der Waals surface area contributed by atoms with Crippen molar-refractivity contribution in [2.45, 2.75) is 6.42 Å². The van der Waals surface area contributed by atoms with Crippen molar-refractivity contribution in [3.8, 4) is 5.75 Å². The maximum Gasteiger partial charge on any atom is 0.255 e. The number of fused-ring (bicyclic) bond motifs is 1. The fraction of sp³-hybridized carbons (Fsp3) is 0.0625. The maximum atomic E-state index is 12.2. The normalized spacial score (nSPS) is 11.0. The Morgan fingerprint density at radius 2 is 1.67 bits per heavy atom. The molecular formula is C16H11Cl2NO2. The van der Waals surface area contributed by atoms with Crippen LogP contribution in [0.15, 0.2) is 47.3 Å². The Morgan fingerprint density at radius 3 is 2.38 bits per heavy atom. The highest BCUT2D eigenvalue weighted by molar-refractivity contribution is 6.40. The van der Waals surface area contributed by atoms with Crippen molar-refractivity contribution in [1.82, 2.24) is 4.98 Å². The summed E-state index contributed by atoms with van der Waals surface area (Å²) in [6.07, 6.45) is 0.320. The van der Waals surface area contributed by atoms with Crippen LogP contribution >= 0.6 is 23.2 Å². The number of aromatic hydroxyl groups is 1. The van der Waals surface area contributed by atoms with Crippen LogP contribution in [0.25, 0.3) is 10.9 Å². The number of hydrogen-bond acceptors (Lipinski definition) is 2. The van der Waals surface area contributed by atoms with Gasteiger partial charge >= 0.3 is 0 Å². The first-order valence-corrected chi connectivity index (χ1v) is 7.09. The molecule has 0 aliphatic heterocycles. The first kappa shape index (κ1) is 14.0. The Hall–Kier alpha value is -1.97. The van der Waals surface area contributed by atoms with Crippen LogP contribution in [0.3, 0.4) is 0 Å². The summed E-state index contributed by atoms with van der Waals surface area (Å²) in [5, 5.41) is 11.5. The monoisotopic (exact) mass is 319 g/mol. The van der Waals surface area contributed by atoms with Crippen LogP contribution in [0.4, 0.5) is 0 Å². The van der Waals surface area contributed by atoms with Gasteiger partial charge in [-0.25, -0.2) is 0 Å². The van der Waals surface area contributed by atoms with E-state index in [0.717, 1.165) is 5.56 Å². The highest BCUT2D eigenvalue weighted by atomic mass is 35.5. The molecule has 1 heterocycles. The summed E-state index contributed by atoms with van der Waals surface area (Å²) >= 11 is 12.2. The minimum Gasteiger partial charge on any atom is -0.507 e. The third-order valence-corrected chi connectivity index (χ3v) is 3.99. The quantitative estimate of drug-likeness (QED) is 0.746. The summed E-state index contributed by atoms with van der Waals surface area (Å²) in [6.45, 7) is 0. The molecule has 106 valence electrons. The summed E-state index contributed by atoms with van der Waals surface area (Å²) < 4.78 is 0. The molecule has 3 rings (SSSR count). The second-order valence-electron chi connectivity index (χ2n) is 4.72. The first-order valence-electron chi connectivity index (χ1n) is 6.33. The molecule has 0 atom stereocenters. The Labute approximate surface area is 130 Å². The Kier molecular flexibility index (Phi) is 3.62. The van der Waals surface area contributed by atoms with Crippen molar-refractivity contribution >= 4 is 34.1 Å². The summed E-state index contributed by atoms with van der Waals surface area (Å²) in [7, 11) is 0. The molecule has 5 heteroatoms. The molecule has 0 unspecified atom stereocenters. The number of benzene rings is 2. The van der Waals surface area contributed by atoms with Gasteiger partial charge in [0.1, 0.15) is 5.75 Å². The topological polar surface area (TPSA) is 53.1 Å². The number of hydrogen-bond donors (Lipinski definition) is 2. The summed E-state index contributed by atoms with van der Waals surface area (Å²) in [5.41, 5.74) is 1.19. The van der Waals surface area contributed by atoms with Crippen LogP contribution in [0.2, 0.25) is 10.0 Å². The Balaban J connectivity index is 2.25. The molecule has 1 aromatic heterocycles. The van der Waals surface area contributed by atoms with Crippen LogP contribution in [0, 0.1) is 0 Å². The van der Waals surface area contributed by atoms with Crippen molar-refractivity contribution in [3.05, 3.63) is 74.0 Å². The molecule has 0 saturated carbocycles. The van der Waals surface area contributed by atoms with Gasteiger partial charge < -0.3 is 10.1 Å². The van der Waals surface area contributed by atoms with Gasteiger partial charge in [0.25, 0.3) is 5.56 Å². The predicted molar refractivity (Wildman–Crippen MR) is 85.5 cm³/mol. The van der Waals surface area contributed by atoms with Crippen LogP contribution in [0.5, 0.6) is 5.75 Å². The molecule has 21 heavy (non-hydrogen) atoms. The van der Waals surface area contributed by atoms with Crippen molar-refractivity contribution in [2.24, 2.45) is 0 Å². The molecule has 0 radical (unpaired) electrons. The molecule has 2 aromatic carbocycles. The van der Waals surface area contributed by atoms with Gasteiger partial charge in [-0.2, -0.15) is 0 Å². The number of rotatable bonds is 2. The fourth-order valence-electron chi connectivity index (χ4n) is 2.32. The van der Waals surface area contributed by atoms with E-state index in [4.69, 9.17) is 23.2 Å². The highest BCUT2D eigenvalue weighted by Crippen LogP contribution is 2.35. The van der Waals surface area contributed by atoms with E-state index < -0.39 is 0 Å². The van der Waals surface area contributed by atoms with Crippen LogP contribution in [0.1, 0.15) is 11.1 Å². The molecule has 0 spiro atoms. The molecule has 0 bridgehead atoms. The van der Waals surface area contributed by atoms with Crippen LogP contribution in [-0.4, -0.2) is 10.1 Å². The summed E-state index contributed by atoms with van der Waals surface area (Å²) in [5.74, 6) is -0.120. The lowest BCUT2D eigenvalue weighted by molar-refractivity contribution is 0.474. The van der Waals surface area contributed by atoms with Crippen LogP contribution < -0.4 is 5.56 Å². The third kappa shape index (κ3) is 2.50. The molecule has 0 amide bonds. The Morgan fingerprint density at radius 1 is 1.00 bits per heavy atom. The molecular weight excluding hydrogens is 309 g/mol. The molecule has 3 aromatic rings. The van der Waals surface area contributed by atoms with Gasteiger partial charge in [-0.3, -0.25) is 4.79 Å². The molecule has 3 nitrogen and oxygen atoms in total. The van der Waals surface area contributed by atoms with Gasteiger partial charge in [0.15, 0.2) is 0 Å². The lowest BCUT2D eigenvalue weighted by atomic mass is 10.0. The highest BCUT2D eigenvalue weighted by Gasteiger charge is 2.16. The maximum absolute atomic E-state index is 12.2. The van der Waals surface area contributed by atoms with E-state index in [-0.39, 0.29) is 16.9 Å². The lowest BCUT2D eigenvalue weighted by Gasteiger charge is -2.10. The molecule has 2 N–H and O–H groups in total. The number of nitrogens with one attached hydrogen (secondary N) is 1. The molecule has 0 saturated heterocycles. The van der Waals surface area contributed by atoms with Crippen molar-refractivity contribution in [1.29, 1.82) is 0 Å². The summed E-state index contributed by atoms with van der Waals surface area (Å²) in [6, 6.07) is 12.6. The van der Waals surface area contributed by atoms with Crippen LogP contribution in [-0.2, 0) is 6.42 Å². The van der Waals surface area contributed by atoms with E-state index in [1.807, 2.05) is 30.3 Å². The average Bonchev–Trinajstić information content (AvgIpc) is 2.48. The van der Waals surface area contributed by atoms with Gasteiger partial charge in [-0.15, -0.1) is 0 Å². The molecule has 0 fully saturated rings. The van der Waals surface area contributed by atoms with Gasteiger partial charge in [-0.1, -0.05) is 53.5 Å². The zero-order valence-electron chi connectivity index (χ0n) is 10.9. The number of aromatic nitrogens is 1. The average molecular weight is 320 g/mol. The van der Waals surface area contributed by atoms with E-state index in [0.29, 0.717) is 27.4 Å². The van der Waals surface area contributed by atoms with Gasteiger partial charge in [0, 0.05) is 6.42 Å². The molecule has 0 aliphatic carbocycles. The minimum atomic E-state index is -0.368. The number of aromatic amines is 1. The van der Waals surface area contributed by atoms with E-state index in [1.54, 1.807) is 12.1 Å². The van der Waals surface area contributed by atoms with Gasteiger partial charge in [0.2, 0.25) is 0 Å². The number of H-pyrrole nitrogens is 1. The minimum absolute atomic E-state index is 0.120. The summed E-state index contributed by atoms with van der Waals surface area (Å²) in [4.78, 5) is 14.9.